The van der Waals surface area contributed by atoms with Crippen LogP contribution in [-0.2, 0) is 4.79 Å². The molecule has 0 saturated heterocycles. The van der Waals surface area contributed by atoms with Crippen molar-refractivity contribution in [2.75, 3.05) is 5.75 Å². The van der Waals surface area contributed by atoms with Gasteiger partial charge in [0.15, 0.2) is 0 Å². The number of carbonyl (C=O) groups is 1. The average molecular weight is 252 g/mol. The number of nitrogens with zero attached hydrogens (tertiary/aromatic N) is 2. The lowest BCUT2D eigenvalue weighted by Crippen LogP contribution is -1.82. The van der Waals surface area contributed by atoms with Gasteiger partial charge in [-0.1, -0.05) is 23.9 Å². The van der Waals surface area contributed by atoms with E-state index in [2.05, 4.69) is 10.2 Å². The van der Waals surface area contributed by atoms with Gasteiger partial charge >= 0.3 is 0 Å². The smallest absolute Gasteiger partial charge is 0.276 e. The Kier molecular flexibility index (Phi) is 3.87. The molecule has 17 heavy (non-hydrogen) atoms. The summed E-state index contributed by atoms with van der Waals surface area (Å²) in [5.74, 6) is 0.319. The highest BCUT2D eigenvalue weighted by Gasteiger charge is 2.12. The van der Waals surface area contributed by atoms with Crippen molar-refractivity contribution in [1.82, 2.24) is 10.2 Å². The van der Waals surface area contributed by atoms with Crippen LogP contribution in [0.1, 0.15) is 6.42 Å². The second kappa shape index (κ2) is 5.58. The minimum Gasteiger partial charge on any atom is -0.411 e. The molecule has 0 N–H and O–H groups in total. The van der Waals surface area contributed by atoms with Crippen molar-refractivity contribution >= 4 is 18.0 Å². The summed E-state index contributed by atoms with van der Waals surface area (Å²) in [7, 11) is 0. The van der Waals surface area contributed by atoms with Crippen LogP contribution in [0.15, 0.2) is 33.9 Å². The van der Waals surface area contributed by atoms with Crippen molar-refractivity contribution in [2.45, 2.75) is 11.6 Å². The summed E-state index contributed by atoms with van der Waals surface area (Å²) in [6.07, 6.45) is 1.24. The summed E-state index contributed by atoms with van der Waals surface area (Å²) < 4.78 is 18.7. The lowest BCUT2D eigenvalue weighted by Gasteiger charge is -1.95. The average Bonchev–Trinajstić information content (AvgIpc) is 2.79. The van der Waals surface area contributed by atoms with E-state index >= 15 is 0 Å². The van der Waals surface area contributed by atoms with Gasteiger partial charge in [0.2, 0.25) is 0 Å². The van der Waals surface area contributed by atoms with Crippen molar-refractivity contribution in [3.8, 4) is 11.5 Å². The third kappa shape index (κ3) is 2.91. The number of hydrogen-bond acceptors (Lipinski definition) is 5. The minimum absolute atomic E-state index is 0.150. The number of thioether (sulfide) groups is 1. The van der Waals surface area contributed by atoms with E-state index in [1.165, 1.54) is 17.8 Å². The highest BCUT2D eigenvalue weighted by Crippen LogP contribution is 2.24. The van der Waals surface area contributed by atoms with E-state index in [0.29, 0.717) is 17.4 Å². The van der Waals surface area contributed by atoms with Gasteiger partial charge in [-0.15, -0.1) is 10.2 Å². The van der Waals surface area contributed by atoms with Gasteiger partial charge in [0.05, 0.1) is 5.56 Å². The van der Waals surface area contributed by atoms with Gasteiger partial charge < -0.3 is 9.21 Å². The van der Waals surface area contributed by atoms with Crippen LogP contribution in [0.25, 0.3) is 11.5 Å². The molecule has 0 aliphatic heterocycles. The molecular formula is C11H9FN2O2S. The summed E-state index contributed by atoms with van der Waals surface area (Å²) in [6, 6.07) is 6.19. The van der Waals surface area contributed by atoms with Gasteiger partial charge in [-0.25, -0.2) is 4.39 Å². The van der Waals surface area contributed by atoms with Crippen LogP contribution in [0.5, 0.6) is 0 Å². The summed E-state index contributed by atoms with van der Waals surface area (Å²) >= 11 is 1.27. The highest BCUT2D eigenvalue weighted by molar-refractivity contribution is 7.99. The molecule has 0 aliphatic carbocycles. The molecule has 1 aromatic heterocycles. The molecule has 0 aliphatic rings. The third-order valence-corrected chi connectivity index (χ3v) is 2.82. The SMILES string of the molecule is O=CCCSc1nnc(-c2ccccc2F)o1. The molecule has 88 valence electrons. The number of hydrogen-bond donors (Lipinski definition) is 0. The van der Waals surface area contributed by atoms with E-state index in [1.54, 1.807) is 18.2 Å². The number of benzene rings is 1. The quantitative estimate of drug-likeness (QED) is 0.465. The second-order valence-electron chi connectivity index (χ2n) is 3.16. The number of rotatable bonds is 5. The first-order valence-electron chi connectivity index (χ1n) is 4.96. The second-order valence-corrected chi connectivity index (χ2v) is 4.20. The van der Waals surface area contributed by atoms with Crippen LogP contribution in [-0.4, -0.2) is 22.2 Å². The van der Waals surface area contributed by atoms with Gasteiger partial charge in [0.1, 0.15) is 12.1 Å². The van der Waals surface area contributed by atoms with Gasteiger partial charge in [-0.05, 0) is 12.1 Å². The standard InChI is InChI=1S/C11H9FN2O2S/c12-9-5-2-1-4-8(9)10-13-14-11(16-10)17-7-3-6-15/h1-2,4-6H,3,7H2. The molecule has 0 amide bonds. The fourth-order valence-electron chi connectivity index (χ4n) is 1.21. The molecule has 4 nitrogen and oxygen atoms in total. The molecule has 6 heteroatoms. The van der Waals surface area contributed by atoms with Gasteiger partial charge in [-0.2, -0.15) is 0 Å². The fourth-order valence-corrected chi connectivity index (χ4v) is 1.83. The van der Waals surface area contributed by atoms with E-state index in [0.717, 1.165) is 6.29 Å². The molecule has 1 aromatic carbocycles. The largest absolute Gasteiger partial charge is 0.411 e. The molecule has 1 heterocycles. The molecule has 0 spiro atoms. The highest BCUT2D eigenvalue weighted by atomic mass is 32.2. The Hall–Kier alpha value is -1.69. The van der Waals surface area contributed by atoms with Gasteiger partial charge in [0.25, 0.3) is 11.1 Å². The maximum Gasteiger partial charge on any atom is 0.276 e. The zero-order valence-corrected chi connectivity index (χ0v) is 9.61. The first-order valence-corrected chi connectivity index (χ1v) is 5.94. The normalized spacial score (nSPS) is 10.4. The van der Waals surface area contributed by atoms with Crippen LogP contribution in [0.4, 0.5) is 4.39 Å². The Bertz CT molecular complexity index is 516. The molecule has 0 saturated carbocycles. The monoisotopic (exact) mass is 252 g/mol. The molecule has 2 aromatic rings. The lowest BCUT2D eigenvalue weighted by molar-refractivity contribution is -0.107. The van der Waals surface area contributed by atoms with Gasteiger partial charge in [0, 0.05) is 12.2 Å². The predicted octanol–water partition coefficient (Wildman–Crippen LogP) is 2.56. The molecular weight excluding hydrogens is 243 g/mol. The zero-order valence-electron chi connectivity index (χ0n) is 8.80. The Balaban J connectivity index is 2.13. The Morgan fingerprint density at radius 3 is 2.94 bits per heavy atom. The maximum absolute atomic E-state index is 13.4. The number of aromatic nitrogens is 2. The summed E-state index contributed by atoms with van der Waals surface area (Å²) in [5, 5.41) is 7.87. The van der Waals surface area contributed by atoms with Crippen LogP contribution >= 0.6 is 11.8 Å². The molecule has 0 radical (unpaired) electrons. The van der Waals surface area contributed by atoms with E-state index in [4.69, 9.17) is 4.42 Å². The molecule has 0 fully saturated rings. The topological polar surface area (TPSA) is 56.0 Å². The molecule has 0 bridgehead atoms. The lowest BCUT2D eigenvalue weighted by atomic mass is 10.2. The van der Waals surface area contributed by atoms with E-state index in [1.807, 2.05) is 0 Å². The third-order valence-electron chi connectivity index (χ3n) is 1.97. The number of carbonyl (C=O) groups excluding carboxylic acids is 1. The maximum atomic E-state index is 13.4. The van der Waals surface area contributed by atoms with Gasteiger partial charge in [-0.3, -0.25) is 0 Å². The van der Waals surface area contributed by atoms with Crippen molar-refractivity contribution < 1.29 is 13.6 Å². The summed E-state index contributed by atoms with van der Waals surface area (Å²) in [5.41, 5.74) is 0.280. The van der Waals surface area contributed by atoms with Crippen LogP contribution in [0.2, 0.25) is 0 Å². The van der Waals surface area contributed by atoms with Crippen molar-refractivity contribution in [3.05, 3.63) is 30.1 Å². The van der Waals surface area contributed by atoms with E-state index in [9.17, 15) is 9.18 Å². The van der Waals surface area contributed by atoms with Crippen LogP contribution < -0.4 is 0 Å². The number of aldehydes is 1. The Morgan fingerprint density at radius 2 is 2.18 bits per heavy atom. The molecule has 2 rings (SSSR count). The Morgan fingerprint density at radius 1 is 1.35 bits per heavy atom. The van der Waals surface area contributed by atoms with Crippen molar-refractivity contribution in [2.24, 2.45) is 0 Å². The zero-order chi connectivity index (χ0) is 12.1. The van der Waals surface area contributed by atoms with E-state index in [-0.39, 0.29) is 11.5 Å². The first kappa shape index (κ1) is 11.8. The molecule has 0 atom stereocenters. The summed E-state index contributed by atoms with van der Waals surface area (Å²) in [6.45, 7) is 0. The Labute approximate surface area is 101 Å². The first-order chi connectivity index (χ1) is 8.31. The summed E-state index contributed by atoms with van der Waals surface area (Å²) in [4.78, 5) is 10.1. The predicted molar refractivity (Wildman–Crippen MR) is 61.1 cm³/mol. The van der Waals surface area contributed by atoms with Crippen LogP contribution in [0.3, 0.4) is 0 Å². The van der Waals surface area contributed by atoms with E-state index < -0.39 is 5.82 Å². The van der Waals surface area contributed by atoms with Crippen molar-refractivity contribution in [3.63, 3.8) is 0 Å². The fraction of sp³-hybridized carbons (Fsp3) is 0.182. The number of halogens is 1. The molecule has 0 unspecified atom stereocenters. The van der Waals surface area contributed by atoms with Crippen molar-refractivity contribution in [1.29, 1.82) is 0 Å². The van der Waals surface area contributed by atoms with Crippen LogP contribution in [0, 0.1) is 5.82 Å². The minimum atomic E-state index is -0.402.